The lowest BCUT2D eigenvalue weighted by Crippen LogP contribution is -2.47. The Labute approximate surface area is 141 Å². The highest BCUT2D eigenvalue weighted by molar-refractivity contribution is 7.90. The fraction of sp³-hybridized carbons (Fsp3) is 0.438. The van der Waals surface area contributed by atoms with Crippen LogP contribution in [0.15, 0.2) is 35.6 Å². The van der Waals surface area contributed by atoms with E-state index < -0.39 is 15.3 Å². The van der Waals surface area contributed by atoms with Crippen molar-refractivity contribution in [3.05, 3.63) is 42.0 Å². The van der Waals surface area contributed by atoms with Gasteiger partial charge in [-0.1, -0.05) is 6.92 Å². The van der Waals surface area contributed by atoms with E-state index >= 15 is 0 Å². The number of nitrogens with one attached hydrogen (secondary N) is 1. The smallest absolute Gasteiger partial charge is 0.255 e. The van der Waals surface area contributed by atoms with Crippen molar-refractivity contribution >= 4 is 15.7 Å². The number of likely N-dealkylation sites (tertiary alicyclic amines) is 1. The number of rotatable bonds is 3. The maximum atomic E-state index is 12.7. The minimum Gasteiger partial charge on any atom is -0.338 e. The molecule has 7 nitrogen and oxygen atoms in total. The fourth-order valence-corrected chi connectivity index (χ4v) is 4.18. The van der Waals surface area contributed by atoms with Gasteiger partial charge in [0.05, 0.1) is 17.5 Å². The molecule has 0 spiro atoms. The third-order valence-corrected chi connectivity index (χ3v) is 5.61. The Kier molecular flexibility index (Phi) is 4.16. The molecule has 8 heteroatoms. The first kappa shape index (κ1) is 16.6. The van der Waals surface area contributed by atoms with Crippen LogP contribution in [0.1, 0.15) is 35.8 Å². The topological polar surface area (TPSA) is 96.0 Å². The second-order valence-electron chi connectivity index (χ2n) is 6.51. The highest BCUT2D eigenvalue weighted by Gasteiger charge is 2.39. The van der Waals surface area contributed by atoms with E-state index in [9.17, 15) is 13.2 Å². The molecule has 3 heterocycles. The minimum atomic E-state index is -3.37. The zero-order chi connectivity index (χ0) is 17.4. The monoisotopic (exact) mass is 348 g/mol. The Morgan fingerprint density at radius 1 is 1.38 bits per heavy atom. The Morgan fingerprint density at radius 3 is 2.83 bits per heavy atom. The summed E-state index contributed by atoms with van der Waals surface area (Å²) in [6, 6.07) is 3.46. The van der Waals surface area contributed by atoms with Crippen molar-refractivity contribution < 1.29 is 13.2 Å². The van der Waals surface area contributed by atoms with Gasteiger partial charge in [0.25, 0.3) is 5.91 Å². The van der Waals surface area contributed by atoms with Crippen LogP contribution < -0.4 is 0 Å². The van der Waals surface area contributed by atoms with Gasteiger partial charge in [-0.2, -0.15) is 5.10 Å². The lowest BCUT2D eigenvalue weighted by molar-refractivity contribution is 0.0645. The summed E-state index contributed by atoms with van der Waals surface area (Å²) in [6.45, 7) is 3.05. The lowest BCUT2D eigenvalue weighted by atomic mass is 9.79. The van der Waals surface area contributed by atoms with Gasteiger partial charge in [-0.05, 0) is 25.0 Å². The van der Waals surface area contributed by atoms with Gasteiger partial charge in [-0.3, -0.25) is 14.9 Å². The molecule has 1 aliphatic heterocycles. The van der Waals surface area contributed by atoms with Crippen LogP contribution in [0.25, 0.3) is 0 Å². The molecule has 0 aliphatic carbocycles. The average Bonchev–Trinajstić information content (AvgIpc) is 3.06. The zero-order valence-electron chi connectivity index (χ0n) is 13.7. The number of aromatic amines is 1. The number of H-pyrrole nitrogens is 1. The van der Waals surface area contributed by atoms with Gasteiger partial charge >= 0.3 is 0 Å². The number of amides is 1. The van der Waals surface area contributed by atoms with E-state index in [4.69, 9.17) is 0 Å². The van der Waals surface area contributed by atoms with E-state index in [2.05, 4.69) is 15.2 Å². The number of carbonyl (C=O) groups excluding carboxylic acids is 1. The molecule has 1 amide bonds. The van der Waals surface area contributed by atoms with Gasteiger partial charge in [0.2, 0.25) is 0 Å². The first-order valence-electron chi connectivity index (χ1n) is 7.74. The largest absolute Gasteiger partial charge is 0.338 e. The number of carbonyl (C=O) groups is 1. The van der Waals surface area contributed by atoms with Crippen LogP contribution in [0.5, 0.6) is 0 Å². The van der Waals surface area contributed by atoms with E-state index in [0.29, 0.717) is 24.3 Å². The summed E-state index contributed by atoms with van der Waals surface area (Å²) in [5.74, 6) is -0.0885. The molecule has 1 aliphatic rings. The summed E-state index contributed by atoms with van der Waals surface area (Å²) in [5, 5.41) is 6.76. The van der Waals surface area contributed by atoms with Crippen molar-refractivity contribution in [2.24, 2.45) is 0 Å². The van der Waals surface area contributed by atoms with E-state index in [1.54, 1.807) is 29.4 Å². The number of sulfone groups is 1. The Balaban J connectivity index is 1.90. The van der Waals surface area contributed by atoms with Gasteiger partial charge in [-0.25, -0.2) is 8.42 Å². The van der Waals surface area contributed by atoms with Crippen LogP contribution >= 0.6 is 0 Å². The summed E-state index contributed by atoms with van der Waals surface area (Å²) in [4.78, 5) is 18.6. The van der Waals surface area contributed by atoms with Gasteiger partial charge in [0, 0.05) is 37.2 Å². The van der Waals surface area contributed by atoms with Crippen LogP contribution in [0.4, 0.5) is 0 Å². The van der Waals surface area contributed by atoms with E-state index in [1.807, 2.05) is 6.92 Å². The Morgan fingerprint density at radius 2 is 2.17 bits per heavy atom. The summed E-state index contributed by atoms with van der Waals surface area (Å²) in [6.07, 6.45) is 7.27. The van der Waals surface area contributed by atoms with Crippen LogP contribution in [0.2, 0.25) is 0 Å². The fourth-order valence-electron chi connectivity index (χ4n) is 3.28. The normalized spacial score (nSPS) is 21.7. The second-order valence-corrected chi connectivity index (χ2v) is 8.50. The third-order valence-electron chi connectivity index (χ3n) is 4.50. The second kappa shape index (κ2) is 6.01. The maximum Gasteiger partial charge on any atom is 0.255 e. The summed E-state index contributed by atoms with van der Waals surface area (Å²) in [7, 11) is -3.37. The van der Waals surface area contributed by atoms with E-state index in [1.165, 1.54) is 12.5 Å². The quantitative estimate of drug-likeness (QED) is 0.904. The molecule has 1 fully saturated rings. The molecular formula is C16H20N4O3S. The van der Waals surface area contributed by atoms with Crippen molar-refractivity contribution in [2.75, 3.05) is 19.3 Å². The Bertz CT molecular complexity index is 847. The van der Waals surface area contributed by atoms with Crippen molar-refractivity contribution in [1.82, 2.24) is 20.1 Å². The highest BCUT2D eigenvalue weighted by atomic mass is 32.2. The predicted molar refractivity (Wildman–Crippen MR) is 88.4 cm³/mol. The molecule has 128 valence electrons. The first-order valence-corrected chi connectivity index (χ1v) is 9.64. The molecule has 0 bridgehead atoms. The number of hydrogen-bond acceptors (Lipinski definition) is 5. The molecular weight excluding hydrogens is 328 g/mol. The lowest BCUT2D eigenvalue weighted by Gasteiger charge is -2.40. The van der Waals surface area contributed by atoms with Crippen molar-refractivity contribution in [1.29, 1.82) is 0 Å². The van der Waals surface area contributed by atoms with Crippen LogP contribution in [-0.2, 0) is 15.3 Å². The molecule has 1 unspecified atom stereocenters. The first-order chi connectivity index (χ1) is 11.3. The summed E-state index contributed by atoms with van der Waals surface area (Å²) < 4.78 is 24.0. The molecule has 0 aromatic carbocycles. The Hall–Kier alpha value is -2.22. The third kappa shape index (κ3) is 3.06. The van der Waals surface area contributed by atoms with Crippen molar-refractivity contribution in [3.8, 4) is 0 Å². The van der Waals surface area contributed by atoms with Crippen LogP contribution in [-0.4, -0.2) is 53.8 Å². The highest BCUT2D eigenvalue weighted by Crippen LogP contribution is 2.36. The molecule has 24 heavy (non-hydrogen) atoms. The van der Waals surface area contributed by atoms with E-state index in [-0.39, 0.29) is 10.8 Å². The van der Waals surface area contributed by atoms with Crippen molar-refractivity contribution in [3.63, 3.8) is 0 Å². The molecule has 1 N–H and O–H groups in total. The molecule has 0 radical (unpaired) electrons. The molecule has 2 aromatic heterocycles. The number of piperidine rings is 1. The molecule has 3 rings (SSSR count). The molecule has 1 saturated heterocycles. The molecule has 1 atom stereocenters. The SMILES string of the molecule is CC1(c2[nH]ncc2S(C)(=O)=O)CCCN(C(=O)c2cccnc2)C1. The molecule has 2 aromatic rings. The summed E-state index contributed by atoms with van der Waals surface area (Å²) in [5.41, 5.74) is 0.633. The van der Waals surface area contributed by atoms with Crippen LogP contribution in [0, 0.1) is 0 Å². The van der Waals surface area contributed by atoms with Gasteiger partial charge in [-0.15, -0.1) is 0 Å². The molecule has 0 saturated carbocycles. The minimum absolute atomic E-state index is 0.0885. The maximum absolute atomic E-state index is 12.7. The predicted octanol–water partition coefficient (Wildman–Crippen LogP) is 1.40. The standard InChI is InChI=1S/C16H20N4O3S/c1-16(14-13(10-18-19-14)24(2,22)23)6-4-8-20(11-16)15(21)12-5-3-7-17-9-12/h3,5,7,9-10H,4,6,8,11H2,1-2H3,(H,18,19). The zero-order valence-corrected chi connectivity index (χ0v) is 14.5. The van der Waals surface area contributed by atoms with Gasteiger partial charge in [0.15, 0.2) is 9.84 Å². The van der Waals surface area contributed by atoms with E-state index in [0.717, 1.165) is 12.8 Å². The van der Waals surface area contributed by atoms with Crippen LogP contribution in [0.3, 0.4) is 0 Å². The number of nitrogens with zero attached hydrogens (tertiary/aromatic N) is 3. The number of hydrogen-bond donors (Lipinski definition) is 1. The van der Waals surface area contributed by atoms with Gasteiger partial charge < -0.3 is 4.90 Å². The van der Waals surface area contributed by atoms with Gasteiger partial charge in [0.1, 0.15) is 4.90 Å². The number of aromatic nitrogens is 3. The number of pyridine rings is 1. The van der Waals surface area contributed by atoms with Crippen molar-refractivity contribution in [2.45, 2.75) is 30.1 Å². The summed E-state index contributed by atoms with van der Waals surface area (Å²) >= 11 is 0. The average molecular weight is 348 g/mol.